The van der Waals surface area contributed by atoms with Gasteiger partial charge in [-0.15, -0.1) is 0 Å². The molecule has 2 aromatic heterocycles. The van der Waals surface area contributed by atoms with Crippen molar-refractivity contribution in [3.63, 3.8) is 0 Å². The Kier molecular flexibility index (Phi) is 2.47. The number of fused-ring (bicyclic) bond motifs is 1. The first kappa shape index (κ1) is 10.1. The first-order valence-electron chi connectivity index (χ1n) is 5.43. The van der Waals surface area contributed by atoms with Crippen LogP contribution >= 0.6 is 0 Å². The fourth-order valence-corrected chi connectivity index (χ4v) is 1.52. The molecule has 0 saturated carbocycles. The third-order valence-electron chi connectivity index (χ3n) is 2.53. The van der Waals surface area contributed by atoms with E-state index in [2.05, 4.69) is 56.1 Å². The number of hydrogen-bond acceptors (Lipinski definition) is 2. The number of aromatic nitrogens is 3. The van der Waals surface area contributed by atoms with Gasteiger partial charge in [-0.1, -0.05) is 13.8 Å². The van der Waals surface area contributed by atoms with Gasteiger partial charge in [0.1, 0.15) is 0 Å². The summed E-state index contributed by atoms with van der Waals surface area (Å²) in [6, 6.07) is 4.57. The predicted octanol–water partition coefficient (Wildman–Crippen LogP) is 3.14. The lowest BCUT2D eigenvalue weighted by Gasteiger charge is -2.02. The molecule has 0 atom stereocenters. The highest BCUT2D eigenvalue weighted by Crippen LogP contribution is 2.17. The highest BCUT2D eigenvalue weighted by atomic mass is 15.3. The smallest absolute Gasteiger partial charge is 0.181 e. The molecule has 0 saturated heterocycles. The fraction of sp³-hybridized carbons (Fsp3) is 0.500. The molecule has 2 rings (SSSR count). The van der Waals surface area contributed by atoms with E-state index in [1.165, 1.54) is 0 Å². The largest absolute Gasteiger partial charge is 0.267 e. The Labute approximate surface area is 90.1 Å². The maximum Gasteiger partial charge on any atom is 0.181 e. The molecule has 0 N–H and O–H groups in total. The summed E-state index contributed by atoms with van der Waals surface area (Å²) in [5.74, 6) is 0.457. The van der Waals surface area contributed by atoms with Crippen LogP contribution < -0.4 is 0 Å². The van der Waals surface area contributed by atoms with Gasteiger partial charge in [0.2, 0.25) is 0 Å². The molecule has 0 fully saturated rings. The molecule has 0 aliphatic rings. The van der Waals surface area contributed by atoms with Crippen molar-refractivity contribution in [2.45, 2.75) is 39.7 Å². The van der Waals surface area contributed by atoms with Gasteiger partial charge < -0.3 is 0 Å². The van der Waals surface area contributed by atoms with E-state index in [0.29, 0.717) is 12.0 Å². The van der Waals surface area contributed by atoms with Crippen LogP contribution in [0.3, 0.4) is 0 Å². The van der Waals surface area contributed by atoms with Crippen LogP contribution in [0.4, 0.5) is 0 Å². The lowest BCUT2D eigenvalue weighted by Crippen LogP contribution is -2.00. The minimum absolute atomic E-state index is 0.390. The summed E-state index contributed by atoms with van der Waals surface area (Å²) in [5, 5.41) is 5.58. The average Bonchev–Trinajstić information content (AvgIpc) is 2.59. The van der Waals surface area contributed by atoms with Crippen molar-refractivity contribution in [1.82, 2.24) is 14.8 Å². The topological polar surface area (TPSA) is 30.7 Å². The standard InChI is InChI=1S/C12H17N3/c1-8(2)11-6-5-10-7-15(9(3)4)14-12(10)13-11/h5-9H,1-4H3. The third kappa shape index (κ3) is 1.87. The Morgan fingerprint density at radius 1 is 1.13 bits per heavy atom. The third-order valence-corrected chi connectivity index (χ3v) is 2.53. The summed E-state index contributed by atoms with van der Waals surface area (Å²) in [6.45, 7) is 8.53. The van der Waals surface area contributed by atoms with Gasteiger partial charge in [-0.05, 0) is 31.9 Å². The summed E-state index contributed by atoms with van der Waals surface area (Å²) >= 11 is 0. The minimum atomic E-state index is 0.390. The van der Waals surface area contributed by atoms with Crippen molar-refractivity contribution in [2.24, 2.45) is 0 Å². The molecule has 0 aliphatic carbocycles. The molecule has 3 nitrogen and oxygen atoms in total. The monoisotopic (exact) mass is 203 g/mol. The van der Waals surface area contributed by atoms with E-state index < -0.39 is 0 Å². The molecule has 0 amide bonds. The highest BCUT2D eigenvalue weighted by molar-refractivity contribution is 5.74. The second kappa shape index (κ2) is 3.65. The van der Waals surface area contributed by atoms with E-state index in [1.54, 1.807) is 0 Å². The van der Waals surface area contributed by atoms with Gasteiger partial charge in [0.05, 0.1) is 0 Å². The van der Waals surface area contributed by atoms with E-state index in [1.807, 2.05) is 4.68 Å². The highest BCUT2D eigenvalue weighted by Gasteiger charge is 2.07. The van der Waals surface area contributed by atoms with Crippen molar-refractivity contribution in [3.8, 4) is 0 Å². The Morgan fingerprint density at radius 2 is 1.87 bits per heavy atom. The molecule has 0 bridgehead atoms. The summed E-state index contributed by atoms with van der Waals surface area (Å²) in [4.78, 5) is 4.55. The van der Waals surface area contributed by atoms with Crippen molar-refractivity contribution in [3.05, 3.63) is 24.0 Å². The minimum Gasteiger partial charge on any atom is -0.267 e. The molecule has 0 spiro atoms. The van der Waals surface area contributed by atoms with Gasteiger partial charge in [-0.3, -0.25) is 4.68 Å². The van der Waals surface area contributed by atoms with Gasteiger partial charge in [0.15, 0.2) is 5.65 Å². The van der Waals surface area contributed by atoms with Crippen LogP contribution in [0.5, 0.6) is 0 Å². The maximum absolute atomic E-state index is 4.55. The van der Waals surface area contributed by atoms with Gasteiger partial charge >= 0.3 is 0 Å². The second-order valence-corrected chi connectivity index (χ2v) is 4.51. The SMILES string of the molecule is CC(C)c1ccc2cn(C(C)C)nc2n1. The Morgan fingerprint density at radius 3 is 2.47 bits per heavy atom. The van der Waals surface area contributed by atoms with Crippen LogP contribution in [0.1, 0.15) is 45.3 Å². The van der Waals surface area contributed by atoms with Crippen molar-refractivity contribution >= 4 is 11.0 Å². The van der Waals surface area contributed by atoms with Gasteiger partial charge in [-0.25, -0.2) is 4.98 Å². The molecule has 0 aromatic carbocycles. The summed E-state index contributed by atoms with van der Waals surface area (Å²) in [5.41, 5.74) is 1.96. The van der Waals surface area contributed by atoms with Gasteiger partial charge in [0, 0.05) is 23.3 Å². The van der Waals surface area contributed by atoms with Crippen LogP contribution in [0.2, 0.25) is 0 Å². The lowest BCUT2D eigenvalue weighted by molar-refractivity contribution is 0.536. The Hall–Kier alpha value is -1.38. The molecular weight excluding hydrogens is 186 g/mol. The lowest BCUT2D eigenvalue weighted by atomic mass is 10.1. The average molecular weight is 203 g/mol. The van der Waals surface area contributed by atoms with Crippen LogP contribution in [-0.2, 0) is 0 Å². The molecule has 3 heteroatoms. The van der Waals surface area contributed by atoms with Crippen molar-refractivity contribution in [1.29, 1.82) is 0 Å². The van der Waals surface area contributed by atoms with Gasteiger partial charge in [0.25, 0.3) is 0 Å². The Bertz CT molecular complexity index is 463. The number of hydrogen-bond donors (Lipinski definition) is 0. The Balaban J connectivity index is 2.52. The summed E-state index contributed by atoms with van der Waals surface area (Å²) in [7, 11) is 0. The molecule has 2 heterocycles. The molecule has 80 valence electrons. The van der Waals surface area contributed by atoms with E-state index in [-0.39, 0.29) is 0 Å². The van der Waals surface area contributed by atoms with E-state index in [0.717, 1.165) is 16.7 Å². The second-order valence-electron chi connectivity index (χ2n) is 4.51. The molecule has 0 radical (unpaired) electrons. The van der Waals surface area contributed by atoms with E-state index in [9.17, 15) is 0 Å². The summed E-state index contributed by atoms with van der Waals surface area (Å²) in [6.07, 6.45) is 2.05. The molecule has 0 aliphatic heterocycles. The van der Waals surface area contributed by atoms with Crippen molar-refractivity contribution in [2.75, 3.05) is 0 Å². The zero-order valence-corrected chi connectivity index (χ0v) is 9.73. The zero-order valence-electron chi connectivity index (χ0n) is 9.73. The zero-order chi connectivity index (χ0) is 11.0. The van der Waals surface area contributed by atoms with Gasteiger partial charge in [-0.2, -0.15) is 5.10 Å². The van der Waals surface area contributed by atoms with E-state index >= 15 is 0 Å². The number of pyridine rings is 1. The first-order valence-corrected chi connectivity index (χ1v) is 5.43. The van der Waals surface area contributed by atoms with Crippen LogP contribution in [0, 0.1) is 0 Å². The summed E-state index contributed by atoms with van der Waals surface area (Å²) < 4.78 is 1.96. The quantitative estimate of drug-likeness (QED) is 0.750. The van der Waals surface area contributed by atoms with E-state index in [4.69, 9.17) is 0 Å². The van der Waals surface area contributed by atoms with Crippen LogP contribution in [0.25, 0.3) is 11.0 Å². The molecule has 0 unspecified atom stereocenters. The van der Waals surface area contributed by atoms with Crippen molar-refractivity contribution < 1.29 is 0 Å². The molecular formula is C12H17N3. The molecule has 15 heavy (non-hydrogen) atoms. The molecule has 2 aromatic rings. The normalized spacial score (nSPS) is 11.9. The first-order chi connectivity index (χ1) is 7.08. The fourth-order valence-electron chi connectivity index (χ4n) is 1.52. The predicted molar refractivity (Wildman–Crippen MR) is 62.0 cm³/mol. The number of rotatable bonds is 2. The van der Waals surface area contributed by atoms with Crippen LogP contribution in [0.15, 0.2) is 18.3 Å². The van der Waals surface area contributed by atoms with Crippen LogP contribution in [-0.4, -0.2) is 14.8 Å². The number of nitrogens with zero attached hydrogens (tertiary/aromatic N) is 3. The maximum atomic E-state index is 4.55.